The van der Waals surface area contributed by atoms with Crippen LogP contribution in [-0.2, 0) is 11.2 Å². The maximum atomic E-state index is 11.2. The van der Waals surface area contributed by atoms with Gasteiger partial charge in [0.15, 0.2) is 0 Å². The molecule has 0 aromatic heterocycles. The standard InChI is InChI=1S/C18H22N2O2/c1-2-15(11-14-7-4-3-5-8-14)19-16-9-6-10-17(12-16)20-18(22)13-21/h3-10,12,15,19,21H,2,11,13H2,1H3,(H,20,22). The highest BCUT2D eigenvalue weighted by atomic mass is 16.3. The highest BCUT2D eigenvalue weighted by molar-refractivity contribution is 5.91. The average molecular weight is 298 g/mol. The third-order valence-corrected chi connectivity index (χ3v) is 3.48. The first-order valence-corrected chi connectivity index (χ1v) is 7.52. The normalized spacial score (nSPS) is 11.7. The zero-order valence-corrected chi connectivity index (χ0v) is 12.8. The molecule has 2 aromatic carbocycles. The van der Waals surface area contributed by atoms with Gasteiger partial charge in [-0.1, -0.05) is 43.3 Å². The Morgan fingerprint density at radius 2 is 1.82 bits per heavy atom. The lowest BCUT2D eigenvalue weighted by atomic mass is 10.0. The molecule has 4 heteroatoms. The van der Waals surface area contributed by atoms with Crippen LogP contribution in [0.25, 0.3) is 0 Å². The van der Waals surface area contributed by atoms with Gasteiger partial charge in [0.05, 0.1) is 0 Å². The van der Waals surface area contributed by atoms with Crippen molar-refractivity contribution in [3.05, 3.63) is 60.2 Å². The van der Waals surface area contributed by atoms with Gasteiger partial charge in [-0.15, -0.1) is 0 Å². The van der Waals surface area contributed by atoms with Gasteiger partial charge < -0.3 is 15.7 Å². The number of hydrogen-bond acceptors (Lipinski definition) is 3. The summed E-state index contributed by atoms with van der Waals surface area (Å²) in [6, 6.07) is 18.2. The Hall–Kier alpha value is -2.33. The first kappa shape index (κ1) is 16.0. The van der Waals surface area contributed by atoms with E-state index in [9.17, 15) is 4.79 Å². The van der Waals surface area contributed by atoms with Gasteiger partial charge in [-0.2, -0.15) is 0 Å². The van der Waals surface area contributed by atoms with Crippen molar-refractivity contribution in [1.82, 2.24) is 0 Å². The Kier molecular flexibility index (Phi) is 5.98. The van der Waals surface area contributed by atoms with E-state index in [0.717, 1.165) is 18.5 Å². The monoisotopic (exact) mass is 298 g/mol. The third kappa shape index (κ3) is 4.90. The van der Waals surface area contributed by atoms with Gasteiger partial charge in [-0.25, -0.2) is 0 Å². The van der Waals surface area contributed by atoms with Crippen molar-refractivity contribution in [2.45, 2.75) is 25.8 Å². The molecule has 4 nitrogen and oxygen atoms in total. The van der Waals surface area contributed by atoms with Crippen molar-refractivity contribution in [3.63, 3.8) is 0 Å². The van der Waals surface area contributed by atoms with E-state index in [2.05, 4.69) is 29.7 Å². The second kappa shape index (κ2) is 8.20. The van der Waals surface area contributed by atoms with E-state index in [1.54, 1.807) is 6.07 Å². The van der Waals surface area contributed by atoms with Gasteiger partial charge in [0.25, 0.3) is 0 Å². The number of nitrogens with one attached hydrogen (secondary N) is 2. The van der Waals surface area contributed by atoms with Crippen LogP contribution in [0.1, 0.15) is 18.9 Å². The molecule has 1 amide bonds. The predicted octanol–water partition coefficient (Wildman–Crippen LogP) is 3.05. The number of rotatable bonds is 7. The molecule has 3 N–H and O–H groups in total. The molecule has 0 saturated heterocycles. The molecule has 116 valence electrons. The van der Waals surface area contributed by atoms with Crippen molar-refractivity contribution in [2.75, 3.05) is 17.2 Å². The van der Waals surface area contributed by atoms with Gasteiger partial charge in [-0.05, 0) is 36.6 Å². The Morgan fingerprint density at radius 1 is 1.09 bits per heavy atom. The van der Waals surface area contributed by atoms with E-state index in [0.29, 0.717) is 11.7 Å². The van der Waals surface area contributed by atoms with Crippen molar-refractivity contribution in [3.8, 4) is 0 Å². The third-order valence-electron chi connectivity index (χ3n) is 3.48. The zero-order valence-electron chi connectivity index (χ0n) is 12.8. The van der Waals surface area contributed by atoms with Gasteiger partial charge in [-0.3, -0.25) is 4.79 Å². The van der Waals surface area contributed by atoms with E-state index in [4.69, 9.17) is 5.11 Å². The number of aliphatic hydroxyl groups is 1. The highest BCUT2D eigenvalue weighted by Gasteiger charge is 2.08. The molecule has 0 saturated carbocycles. The summed E-state index contributed by atoms with van der Waals surface area (Å²) < 4.78 is 0. The van der Waals surface area contributed by atoms with E-state index < -0.39 is 12.5 Å². The lowest BCUT2D eigenvalue weighted by Crippen LogP contribution is -2.21. The van der Waals surface area contributed by atoms with Crippen molar-refractivity contribution in [2.24, 2.45) is 0 Å². The molecule has 0 aliphatic carbocycles. The summed E-state index contributed by atoms with van der Waals surface area (Å²) in [7, 11) is 0. The lowest BCUT2D eigenvalue weighted by Gasteiger charge is -2.19. The minimum absolute atomic E-state index is 0.325. The van der Waals surface area contributed by atoms with Crippen LogP contribution >= 0.6 is 0 Å². The zero-order chi connectivity index (χ0) is 15.8. The molecule has 22 heavy (non-hydrogen) atoms. The van der Waals surface area contributed by atoms with Crippen LogP contribution in [0.15, 0.2) is 54.6 Å². The van der Waals surface area contributed by atoms with Crippen LogP contribution in [0.2, 0.25) is 0 Å². The van der Waals surface area contributed by atoms with Crippen LogP contribution < -0.4 is 10.6 Å². The molecule has 0 spiro atoms. The van der Waals surface area contributed by atoms with Gasteiger partial charge in [0, 0.05) is 17.4 Å². The quantitative estimate of drug-likeness (QED) is 0.736. The molecule has 1 unspecified atom stereocenters. The lowest BCUT2D eigenvalue weighted by molar-refractivity contribution is -0.118. The van der Waals surface area contributed by atoms with E-state index in [1.165, 1.54) is 5.56 Å². The van der Waals surface area contributed by atoms with Crippen LogP contribution in [0.4, 0.5) is 11.4 Å². The number of aliphatic hydroxyl groups excluding tert-OH is 1. The molecule has 0 heterocycles. The smallest absolute Gasteiger partial charge is 0.250 e. The molecular weight excluding hydrogens is 276 g/mol. The minimum Gasteiger partial charge on any atom is -0.387 e. The highest BCUT2D eigenvalue weighted by Crippen LogP contribution is 2.18. The summed E-state index contributed by atoms with van der Waals surface area (Å²) in [5, 5.41) is 14.9. The Morgan fingerprint density at radius 3 is 2.50 bits per heavy atom. The Balaban J connectivity index is 2.01. The summed E-state index contributed by atoms with van der Waals surface area (Å²) in [4.78, 5) is 11.2. The summed E-state index contributed by atoms with van der Waals surface area (Å²) in [6.45, 7) is 1.64. The van der Waals surface area contributed by atoms with Crippen LogP contribution in [-0.4, -0.2) is 23.7 Å². The van der Waals surface area contributed by atoms with E-state index >= 15 is 0 Å². The van der Waals surface area contributed by atoms with Crippen molar-refractivity contribution < 1.29 is 9.90 Å². The molecule has 2 rings (SSSR count). The second-order valence-electron chi connectivity index (χ2n) is 5.23. The number of hydrogen-bond donors (Lipinski definition) is 3. The fourth-order valence-electron chi connectivity index (χ4n) is 2.32. The summed E-state index contributed by atoms with van der Waals surface area (Å²) in [6.07, 6.45) is 1.95. The number of carbonyl (C=O) groups excluding carboxylic acids is 1. The molecule has 0 aliphatic heterocycles. The first-order valence-electron chi connectivity index (χ1n) is 7.52. The maximum absolute atomic E-state index is 11.2. The number of amides is 1. The average Bonchev–Trinajstić information content (AvgIpc) is 2.55. The SMILES string of the molecule is CCC(Cc1ccccc1)Nc1cccc(NC(=O)CO)c1. The first-order chi connectivity index (χ1) is 10.7. The minimum atomic E-state index is -0.511. The number of benzene rings is 2. The number of anilines is 2. The summed E-state index contributed by atoms with van der Waals surface area (Å²) in [5.41, 5.74) is 2.93. The van der Waals surface area contributed by atoms with Gasteiger partial charge in [0.2, 0.25) is 5.91 Å². The van der Waals surface area contributed by atoms with Crippen molar-refractivity contribution in [1.29, 1.82) is 0 Å². The number of carbonyl (C=O) groups is 1. The fourth-order valence-corrected chi connectivity index (χ4v) is 2.32. The molecule has 1 atom stereocenters. The fraction of sp³-hybridized carbons (Fsp3) is 0.278. The van der Waals surface area contributed by atoms with Crippen molar-refractivity contribution >= 4 is 17.3 Å². The Labute approximate surface area is 131 Å². The molecule has 0 fully saturated rings. The molecular formula is C18H22N2O2. The molecule has 2 aromatic rings. The topological polar surface area (TPSA) is 61.4 Å². The van der Waals surface area contributed by atoms with E-state index in [1.807, 2.05) is 36.4 Å². The van der Waals surface area contributed by atoms with E-state index in [-0.39, 0.29) is 0 Å². The molecule has 0 radical (unpaired) electrons. The van der Waals surface area contributed by atoms with Crippen LogP contribution in [0, 0.1) is 0 Å². The molecule has 0 bridgehead atoms. The van der Waals surface area contributed by atoms with Gasteiger partial charge in [0.1, 0.15) is 6.61 Å². The van der Waals surface area contributed by atoms with Crippen LogP contribution in [0.3, 0.4) is 0 Å². The maximum Gasteiger partial charge on any atom is 0.250 e. The molecule has 0 aliphatic rings. The summed E-state index contributed by atoms with van der Waals surface area (Å²) in [5.74, 6) is -0.409. The predicted molar refractivity (Wildman–Crippen MR) is 90.0 cm³/mol. The van der Waals surface area contributed by atoms with Crippen LogP contribution in [0.5, 0.6) is 0 Å². The Bertz CT molecular complexity index is 599. The largest absolute Gasteiger partial charge is 0.387 e. The summed E-state index contributed by atoms with van der Waals surface area (Å²) >= 11 is 0. The van der Waals surface area contributed by atoms with Gasteiger partial charge >= 0.3 is 0 Å². The second-order valence-corrected chi connectivity index (χ2v) is 5.23.